The number of hydrogen-bond donors (Lipinski definition) is 1. The fourth-order valence-corrected chi connectivity index (χ4v) is 3.85. The molecule has 2 aromatic rings. The van der Waals surface area contributed by atoms with Gasteiger partial charge in [-0.1, -0.05) is 6.07 Å². The van der Waals surface area contributed by atoms with Crippen molar-refractivity contribution in [2.24, 2.45) is 0 Å². The van der Waals surface area contributed by atoms with Crippen LogP contribution in [0.4, 0.5) is 5.69 Å². The second kappa shape index (κ2) is 7.60. The van der Waals surface area contributed by atoms with Crippen LogP contribution in [0.3, 0.4) is 0 Å². The molecule has 0 radical (unpaired) electrons. The van der Waals surface area contributed by atoms with Crippen LogP contribution < -0.4 is 14.4 Å². The molecule has 2 aromatic carbocycles. The Morgan fingerprint density at radius 3 is 2.37 bits per heavy atom. The zero-order valence-corrected chi connectivity index (χ0v) is 16.5. The lowest BCUT2D eigenvalue weighted by Crippen LogP contribution is -2.30. The van der Waals surface area contributed by atoms with Crippen molar-refractivity contribution < 1.29 is 17.9 Å². The van der Waals surface area contributed by atoms with Crippen molar-refractivity contribution in [3.05, 3.63) is 53.6 Å². The van der Waals surface area contributed by atoms with Gasteiger partial charge in [-0.05, 0) is 74.2 Å². The first-order valence-corrected chi connectivity index (χ1v) is 10.3. The molecule has 0 saturated heterocycles. The smallest absolute Gasteiger partial charge is 0.264 e. The van der Waals surface area contributed by atoms with Gasteiger partial charge in [0.25, 0.3) is 15.9 Å². The van der Waals surface area contributed by atoms with Crippen LogP contribution in [0.25, 0.3) is 0 Å². The first-order valence-electron chi connectivity index (χ1n) is 8.86. The van der Waals surface area contributed by atoms with E-state index in [1.165, 1.54) is 11.4 Å². The average Bonchev–Trinajstić information content (AvgIpc) is 3.46. The molecule has 6 nitrogen and oxygen atoms in total. The summed E-state index contributed by atoms with van der Waals surface area (Å²) in [5.74, 6) is 0.373. The molecule has 7 heteroatoms. The molecule has 3 rings (SSSR count). The van der Waals surface area contributed by atoms with Crippen molar-refractivity contribution >= 4 is 21.6 Å². The van der Waals surface area contributed by atoms with Gasteiger partial charge in [0.05, 0.1) is 10.6 Å². The second-order valence-corrected chi connectivity index (χ2v) is 8.81. The third-order valence-corrected chi connectivity index (χ3v) is 6.43. The zero-order valence-electron chi connectivity index (χ0n) is 15.7. The van der Waals surface area contributed by atoms with Crippen LogP contribution in [0, 0.1) is 13.8 Å². The highest BCUT2D eigenvalue weighted by atomic mass is 32.2. The summed E-state index contributed by atoms with van der Waals surface area (Å²) in [6.45, 7) is 3.78. The maximum Gasteiger partial charge on any atom is 0.264 e. The van der Waals surface area contributed by atoms with E-state index in [2.05, 4.69) is 5.32 Å². The van der Waals surface area contributed by atoms with Crippen LogP contribution in [0.2, 0.25) is 0 Å². The topological polar surface area (TPSA) is 75.7 Å². The molecule has 27 heavy (non-hydrogen) atoms. The molecule has 0 aliphatic heterocycles. The number of nitrogens with zero attached hydrogens (tertiary/aromatic N) is 1. The van der Waals surface area contributed by atoms with Crippen LogP contribution in [0.5, 0.6) is 5.75 Å². The summed E-state index contributed by atoms with van der Waals surface area (Å²) in [5.41, 5.74) is 2.49. The highest BCUT2D eigenvalue weighted by Crippen LogP contribution is 2.25. The number of sulfonamides is 1. The first-order chi connectivity index (χ1) is 12.8. The number of ether oxygens (including phenoxy) is 1. The van der Waals surface area contributed by atoms with Crippen molar-refractivity contribution in [3.8, 4) is 5.75 Å². The standard InChI is InChI=1S/C20H24N2O4S/c1-14-4-11-19(12-15(14)2)27(24,25)22(3)17-7-9-18(10-8-17)26-13-20(23)21-16-5-6-16/h4,7-12,16H,5-6,13H2,1-3H3,(H,21,23). The molecule has 1 aliphatic rings. The number of nitrogens with one attached hydrogen (secondary N) is 1. The van der Waals surface area contributed by atoms with Crippen molar-refractivity contribution in [1.82, 2.24) is 5.32 Å². The molecular weight excluding hydrogens is 364 g/mol. The second-order valence-electron chi connectivity index (χ2n) is 6.84. The third kappa shape index (κ3) is 4.60. The van der Waals surface area contributed by atoms with Crippen LogP contribution in [-0.4, -0.2) is 34.0 Å². The van der Waals surface area contributed by atoms with E-state index in [-0.39, 0.29) is 17.4 Å². The van der Waals surface area contributed by atoms with E-state index in [4.69, 9.17) is 4.74 Å². The molecule has 1 fully saturated rings. The van der Waals surface area contributed by atoms with Crippen LogP contribution in [0.15, 0.2) is 47.4 Å². The van der Waals surface area contributed by atoms with E-state index in [0.717, 1.165) is 24.0 Å². The van der Waals surface area contributed by atoms with Crippen molar-refractivity contribution in [1.29, 1.82) is 0 Å². The normalized spacial score (nSPS) is 13.9. The van der Waals surface area contributed by atoms with E-state index in [1.54, 1.807) is 42.5 Å². The van der Waals surface area contributed by atoms with Gasteiger partial charge >= 0.3 is 0 Å². The summed E-state index contributed by atoms with van der Waals surface area (Å²) >= 11 is 0. The molecule has 0 atom stereocenters. The van der Waals surface area contributed by atoms with Gasteiger partial charge in [-0.2, -0.15) is 0 Å². The lowest BCUT2D eigenvalue weighted by atomic mass is 10.1. The molecule has 1 N–H and O–H groups in total. The molecule has 1 amide bonds. The first kappa shape index (κ1) is 19.2. The minimum atomic E-state index is -3.65. The van der Waals surface area contributed by atoms with Crippen LogP contribution in [-0.2, 0) is 14.8 Å². The van der Waals surface area contributed by atoms with Gasteiger partial charge in [0.15, 0.2) is 6.61 Å². The van der Waals surface area contributed by atoms with E-state index in [9.17, 15) is 13.2 Å². The maximum atomic E-state index is 12.8. The predicted octanol–water partition coefficient (Wildman–Crippen LogP) is 2.79. The Balaban J connectivity index is 1.67. The molecule has 0 unspecified atom stereocenters. The third-order valence-electron chi connectivity index (χ3n) is 4.65. The predicted molar refractivity (Wildman–Crippen MR) is 105 cm³/mol. The van der Waals surface area contributed by atoms with Gasteiger partial charge in [0, 0.05) is 13.1 Å². The van der Waals surface area contributed by atoms with Crippen molar-refractivity contribution in [2.45, 2.75) is 37.6 Å². The van der Waals surface area contributed by atoms with Gasteiger partial charge in [-0.15, -0.1) is 0 Å². The van der Waals surface area contributed by atoms with Gasteiger partial charge in [0.2, 0.25) is 0 Å². The summed E-state index contributed by atoms with van der Waals surface area (Å²) in [6.07, 6.45) is 2.06. The number of carbonyl (C=O) groups excluding carboxylic acids is 1. The Kier molecular flexibility index (Phi) is 5.41. The minimum Gasteiger partial charge on any atom is -0.484 e. The summed E-state index contributed by atoms with van der Waals surface area (Å²) in [4.78, 5) is 11.9. The quantitative estimate of drug-likeness (QED) is 0.791. The number of aryl methyl sites for hydroxylation is 2. The molecule has 0 aromatic heterocycles. The lowest BCUT2D eigenvalue weighted by Gasteiger charge is -2.20. The van der Waals surface area contributed by atoms with E-state index in [0.29, 0.717) is 17.5 Å². The van der Waals surface area contributed by atoms with E-state index in [1.807, 2.05) is 13.8 Å². The van der Waals surface area contributed by atoms with Gasteiger partial charge in [-0.25, -0.2) is 8.42 Å². The highest BCUT2D eigenvalue weighted by Gasteiger charge is 2.23. The maximum absolute atomic E-state index is 12.8. The fourth-order valence-electron chi connectivity index (χ4n) is 2.57. The summed E-state index contributed by atoms with van der Waals surface area (Å²) in [6, 6.07) is 12.0. The monoisotopic (exact) mass is 388 g/mol. The Labute approximate surface area is 160 Å². The number of carbonyl (C=O) groups is 1. The van der Waals surface area contributed by atoms with Crippen LogP contribution >= 0.6 is 0 Å². The summed E-state index contributed by atoms with van der Waals surface area (Å²) in [7, 11) is -2.13. The summed E-state index contributed by atoms with van der Waals surface area (Å²) in [5, 5.41) is 2.85. The van der Waals surface area contributed by atoms with E-state index >= 15 is 0 Å². The highest BCUT2D eigenvalue weighted by molar-refractivity contribution is 7.92. The molecule has 0 spiro atoms. The molecule has 144 valence electrons. The fraction of sp³-hybridized carbons (Fsp3) is 0.350. The van der Waals surface area contributed by atoms with Crippen molar-refractivity contribution in [2.75, 3.05) is 18.0 Å². The van der Waals surface area contributed by atoms with Gasteiger partial charge < -0.3 is 10.1 Å². The average molecular weight is 388 g/mol. The Hall–Kier alpha value is -2.54. The number of amides is 1. The molecule has 1 aliphatic carbocycles. The largest absolute Gasteiger partial charge is 0.484 e. The SMILES string of the molecule is Cc1ccc(S(=O)(=O)N(C)c2ccc(OCC(=O)NC3CC3)cc2)cc1C. The lowest BCUT2D eigenvalue weighted by molar-refractivity contribution is -0.123. The Bertz CT molecular complexity index is 935. The van der Waals surface area contributed by atoms with Gasteiger partial charge in [0.1, 0.15) is 5.75 Å². The number of benzene rings is 2. The van der Waals surface area contributed by atoms with Crippen molar-refractivity contribution in [3.63, 3.8) is 0 Å². The Morgan fingerprint density at radius 2 is 1.78 bits per heavy atom. The van der Waals surface area contributed by atoms with Gasteiger partial charge in [-0.3, -0.25) is 9.10 Å². The van der Waals surface area contributed by atoms with Crippen LogP contribution in [0.1, 0.15) is 24.0 Å². The number of anilines is 1. The summed E-state index contributed by atoms with van der Waals surface area (Å²) < 4.78 is 32.4. The molecule has 0 heterocycles. The van der Waals surface area contributed by atoms with E-state index < -0.39 is 10.0 Å². The molecular formula is C20H24N2O4S. The molecule has 0 bridgehead atoms. The number of rotatable bonds is 7. The number of hydrogen-bond acceptors (Lipinski definition) is 4. The minimum absolute atomic E-state index is 0.0490. The molecule has 1 saturated carbocycles. The Morgan fingerprint density at radius 1 is 1.11 bits per heavy atom. The zero-order chi connectivity index (χ0) is 19.6.